The number of nitrogens with zero attached hydrogens (tertiary/aromatic N) is 2. The highest BCUT2D eigenvalue weighted by molar-refractivity contribution is 5.95. The average molecular weight is 323 g/mol. The van der Waals surface area contributed by atoms with Gasteiger partial charge in [0.05, 0.1) is 17.8 Å². The summed E-state index contributed by atoms with van der Waals surface area (Å²) >= 11 is 0. The van der Waals surface area contributed by atoms with Crippen molar-refractivity contribution in [2.75, 3.05) is 23.3 Å². The number of aromatic nitrogens is 1. The zero-order valence-electron chi connectivity index (χ0n) is 14.2. The lowest BCUT2D eigenvalue weighted by Gasteiger charge is -2.18. The Morgan fingerprint density at radius 3 is 2.54 bits per heavy atom. The van der Waals surface area contributed by atoms with Crippen LogP contribution in [0.25, 0.3) is 0 Å². The molecule has 4 heteroatoms. The number of amides is 1. The zero-order chi connectivity index (χ0) is 16.8. The number of carbonyl (C=O) groups is 1. The maximum Gasteiger partial charge on any atom is 0.231 e. The van der Waals surface area contributed by atoms with Crippen molar-refractivity contribution < 1.29 is 4.79 Å². The molecule has 1 aliphatic rings. The summed E-state index contributed by atoms with van der Waals surface area (Å²) in [6.07, 6.45) is 6.04. The fourth-order valence-corrected chi connectivity index (χ4v) is 3.25. The Kier molecular flexibility index (Phi) is 5.47. The number of hydrogen-bond donors (Lipinski definition) is 1. The van der Waals surface area contributed by atoms with Crippen molar-refractivity contribution in [2.45, 2.75) is 38.5 Å². The van der Waals surface area contributed by atoms with Crippen LogP contribution in [0.5, 0.6) is 0 Å². The number of rotatable bonds is 6. The Morgan fingerprint density at radius 1 is 1.17 bits per heavy atom. The molecule has 4 nitrogen and oxygen atoms in total. The van der Waals surface area contributed by atoms with Gasteiger partial charge in [0.1, 0.15) is 5.82 Å². The molecule has 1 fully saturated rings. The predicted molar refractivity (Wildman–Crippen MR) is 98.4 cm³/mol. The molecule has 1 aromatic carbocycles. The first-order valence-electron chi connectivity index (χ1n) is 8.84. The first-order chi connectivity index (χ1) is 11.8. The molecule has 126 valence electrons. The monoisotopic (exact) mass is 323 g/mol. The number of pyridine rings is 1. The largest absolute Gasteiger partial charge is 0.357 e. The smallest absolute Gasteiger partial charge is 0.231 e. The maximum absolute atomic E-state index is 12.7. The van der Waals surface area contributed by atoms with Crippen molar-refractivity contribution in [3.63, 3.8) is 0 Å². The molecule has 1 saturated heterocycles. The van der Waals surface area contributed by atoms with Crippen LogP contribution in [0.15, 0.2) is 48.7 Å². The fourth-order valence-electron chi connectivity index (χ4n) is 3.25. The van der Waals surface area contributed by atoms with E-state index in [4.69, 9.17) is 0 Å². The number of nitrogens with one attached hydrogen (secondary N) is 1. The molecule has 1 amide bonds. The third-order valence-corrected chi connectivity index (χ3v) is 4.54. The molecule has 3 rings (SSSR count). The number of benzene rings is 1. The van der Waals surface area contributed by atoms with Gasteiger partial charge >= 0.3 is 0 Å². The van der Waals surface area contributed by atoms with E-state index in [1.165, 1.54) is 12.8 Å². The van der Waals surface area contributed by atoms with Gasteiger partial charge in [0, 0.05) is 13.1 Å². The molecule has 1 aromatic heterocycles. The maximum atomic E-state index is 12.7. The molecular formula is C20H25N3O. The van der Waals surface area contributed by atoms with Gasteiger partial charge in [0.15, 0.2) is 0 Å². The van der Waals surface area contributed by atoms with Crippen LogP contribution in [-0.4, -0.2) is 24.0 Å². The molecule has 0 aliphatic carbocycles. The van der Waals surface area contributed by atoms with Gasteiger partial charge in [0.2, 0.25) is 5.91 Å². The quantitative estimate of drug-likeness (QED) is 0.866. The topological polar surface area (TPSA) is 45.2 Å². The third kappa shape index (κ3) is 3.94. The van der Waals surface area contributed by atoms with Crippen molar-refractivity contribution in [1.82, 2.24) is 4.98 Å². The van der Waals surface area contributed by atoms with Gasteiger partial charge in [0.25, 0.3) is 0 Å². The Morgan fingerprint density at radius 2 is 1.92 bits per heavy atom. The third-order valence-electron chi connectivity index (χ3n) is 4.54. The summed E-state index contributed by atoms with van der Waals surface area (Å²) in [6, 6.07) is 13.9. The van der Waals surface area contributed by atoms with E-state index in [1.54, 1.807) is 6.20 Å². The van der Waals surface area contributed by atoms with Crippen LogP contribution in [0.2, 0.25) is 0 Å². The molecule has 1 aliphatic heterocycles. The van der Waals surface area contributed by atoms with Gasteiger partial charge < -0.3 is 10.2 Å². The first-order valence-corrected chi connectivity index (χ1v) is 8.84. The van der Waals surface area contributed by atoms with E-state index in [2.05, 4.69) is 22.1 Å². The Labute approximate surface area is 143 Å². The van der Waals surface area contributed by atoms with Crippen molar-refractivity contribution in [3.8, 4) is 0 Å². The summed E-state index contributed by atoms with van der Waals surface area (Å²) in [5, 5.41) is 3.02. The molecule has 2 heterocycles. The highest BCUT2D eigenvalue weighted by Crippen LogP contribution is 2.24. The Balaban J connectivity index is 1.68. The van der Waals surface area contributed by atoms with E-state index < -0.39 is 0 Å². The summed E-state index contributed by atoms with van der Waals surface area (Å²) in [5.74, 6) is 0.923. The lowest BCUT2D eigenvalue weighted by molar-refractivity contribution is -0.117. The minimum absolute atomic E-state index is 0.0405. The van der Waals surface area contributed by atoms with Crippen LogP contribution < -0.4 is 10.2 Å². The molecule has 24 heavy (non-hydrogen) atoms. The fraction of sp³-hybridized carbons (Fsp3) is 0.400. The summed E-state index contributed by atoms with van der Waals surface area (Å²) in [6.45, 7) is 4.26. The van der Waals surface area contributed by atoms with E-state index in [1.807, 2.05) is 42.5 Å². The highest BCUT2D eigenvalue weighted by Gasteiger charge is 2.20. The lowest BCUT2D eigenvalue weighted by atomic mass is 9.93. The second-order valence-electron chi connectivity index (χ2n) is 6.34. The van der Waals surface area contributed by atoms with Gasteiger partial charge in [-0.2, -0.15) is 0 Å². The molecule has 0 spiro atoms. The standard InChI is InChI=1S/C20H25N3O/c1-2-8-18(16-9-4-3-5-10-16)20(24)22-17-11-12-19(21-15-17)23-13-6-7-14-23/h3-5,9-12,15,18H,2,6-8,13-14H2,1H3,(H,22,24). The van der Waals surface area contributed by atoms with Crippen molar-refractivity contribution in [1.29, 1.82) is 0 Å². The van der Waals surface area contributed by atoms with Crippen LogP contribution in [-0.2, 0) is 4.79 Å². The molecule has 1 unspecified atom stereocenters. The summed E-state index contributed by atoms with van der Waals surface area (Å²) in [4.78, 5) is 19.5. The minimum atomic E-state index is -0.116. The Hall–Kier alpha value is -2.36. The van der Waals surface area contributed by atoms with Gasteiger partial charge in [-0.15, -0.1) is 0 Å². The van der Waals surface area contributed by atoms with Crippen LogP contribution >= 0.6 is 0 Å². The molecule has 0 saturated carbocycles. The second kappa shape index (κ2) is 7.95. The van der Waals surface area contributed by atoms with E-state index in [-0.39, 0.29) is 11.8 Å². The van der Waals surface area contributed by atoms with Crippen LogP contribution in [0, 0.1) is 0 Å². The SMILES string of the molecule is CCCC(C(=O)Nc1ccc(N2CCCC2)nc1)c1ccccc1. The minimum Gasteiger partial charge on any atom is -0.357 e. The van der Waals surface area contributed by atoms with Gasteiger partial charge in [-0.25, -0.2) is 4.98 Å². The van der Waals surface area contributed by atoms with Crippen molar-refractivity contribution in [3.05, 3.63) is 54.2 Å². The summed E-state index contributed by atoms with van der Waals surface area (Å²) in [7, 11) is 0. The van der Waals surface area contributed by atoms with E-state index >= 15 is 0 Å². The summed E-state index contributed by atoms with van der Waals surface area (Å²) in [5.41, 5.74) is 1.83. The zero-order valence-corrected chi connectivity index (χ0v) is 14.2. The molecule has 0 radical (unpaired) electrons. The van der Waals surface area contributed by atoms with Crippen LogP contribution in [0.4, 0.5) is 11.5 Å². The molecule has 0 bridgehead atoms. The van der Waals surface area contributed by atoms with Crippen molar-refractivity contribution in [2.24, 2.45) is 0 Å². The van der Waals surface area contributed by atoms with Crippen LogP contribution in [0.3, 0.4) is 0 Å². The van der Waals surface area contributed by atoms with Gasteiger partial charge in [-0.05, 0) is 37.0 Å². The normalized spacial score (nSPS) is 15.3. The van der Waals surface area contributed by atoms with Gasteiger partial charge in [-0.3, -0.25) is 4.79 Å². The number of hydrogen-bond acceptors (Lipinski definition) is 3. The highest BCUT2D eigenvalue weighted by atomic mass is 16.1. The van der Waals surface area contributed by atoms with E-state index in [0.29, 0.717) is 0 Å². The second-order valence-corrected chi connectivity index (χ2v) is 6.34. The summed E-state index contributed by atoms with van der Waals surface area (Å²) < 4.78 is 0. The number of anilines is 2. The van der Waals surface area contributed by atoms with Crippen molar-refractivity contribution >= 4 is 17.4 Å². The predicted octanol–water partition coefficient (Wildman–Crippen LogP) is 4.20. The Bertz CT molecular complexity index is 648. The van der Waals surface area contributed by atoms with Gasteiger partial charge in [-0.1, -0.05) is 43.7 Å². The lowest BCUT2D eigenvalue weighted by Crippen LogP contribution is -2.22. The first kappa shape index (κ1) is 16.5. The molecule has 1 atom stereocenters. The average Bonchev–Trinajstić information content (AvgIpc) is 3.15. The molecule has 2 aromatic rings. The molecular weight excluding hydrogens is 298 g/mol. The van der Waals surface area contributed by atoms with E-state index in [9.17, 15) is 4.79 Å². The number of carbonyl (C=O) groups excluding carboxylic acids is 1. The molecule has 1 N–H and O–H groups in total. The van der Waals surface area contributed by atoms with Crippen LogP contribution in [0.1, 0.15) is 44.1 Å². The van der Waals surface area contributed by atoms with E-state index in [0.717, 1.165) is 43.0 Å².